The molecule has 5 nitrogen and oxygen atoms in total. The molecule has 0 aromatic heterocycles. The highest BCUT2D eigenvalue weighted by molar-refractivity contribution is 5.26. The highest BCUT2D eigenvalue weighted by Gasteiger charge is 2.21. The third-order valence-electron chi connectivity index (χ3n) is 2.84. The minimum atomic E-state index is -1.07. The summed E-state index contributed by atoms with van der Waals surface area (Å²) in [6.45, 7) is 1.16. The Labute approximate surface area is 105 Å². The maximum Gasteiger partial charge on any atom is 0.184 e. The van der Waals surface area contributed by atoms with Crippen LogP contribution in [0.25, 0.3) is 0 Å². The molecule has 1 aliphatic heterocycles. The SMILES string of the molecule is N#CCC(O)C(O)c1ccc(C2OCCO2)cc1. The van der Waals surface area contributed by atoms with Crippen LogP contribution in [0.2, 0.25) is 0 Å². The summed E-state index contributed by atoms with van der Waals surface area (Å²) < 4.78 is 10.7. The van der Waals surface area contributed by atoms with Gasteiger partial charge in [0.25, 0.3) is 0 Å². The van der Waals surface area contributed by atoms with Gasteiger partial charge in [-0.15, -0.1) is 0 Å². The highest BCUT2D eigenvalue weighted by atomic mass is 16.7. The summed E-state index contributed by atoms with van der Waals surface area (Å²) in [6.07, 6.45) is -2.57. The van der Waals surface area contributed by atoms with E-state index in [0.717, 1.165) is 5.56 Å². The van der Waals surface area contributed by atoms with E-state index >= 15 is 0 Å². The predicted molar refractivity (Wildman–Crippen MR) is 62.3 cm³/mol. The van der Waals surface area contributed by atoms with E-state index in [9.17, 15) is 10.2 Å². The number of aliphatic hydroxyl groups is 2. The molecule has 1 saturated heterocycles. The summed E-state index contributed by atoms with van der Waals surface area (Å²) >= 11 is 0. The van der Waals surface area contributed by atoms with Gasteiger partial charge in [-0.3, -0.25) is 0 Å². The molecule has 2 atom stereocenters. The average Bonchev–Trinajstić information content (AvgIpc) is 2.92. The van der Waals surface area contributed by atoms with Crippen LogP contribution in [0.5, 0.6) is 0 Å². The van der Waals surface area contributed by atoms with Crippen LogP contribution in [-0.4, -0.2) is 29.5 Å². The van der Waals surface area contributed by atoms with Gasteiger partial charge < -0.3 is 19.7 Å². The Kier molecular flexibility index (Phi) is 4.28. The number of hydrogen-bond acceptors (Lipinski definition) is 5. The minimum absolute atomic E-state index is 0.0994. The lowest BCUT2D eigenvalue weighted by Gasteiger charge is -2.16. The Morgan fingerprint density at radius 3 is 2.39 bits per heavy atom. The third kappa shape index (κ3) is 2.86. The number of nitriles is 1. The molecule has 0 radical (unpaired) electrons. The molecule has 0 bridgehead atoms. The quantitative estimate of drug-likeness (QED) is 0.833. The van der Waals surface area contributed by atoms with E-state index < -0.39 is 12.2 Å². The predicted octanol–water partition coefficient (Wildman–Crippen LogP) is 1.04. The van der Waals surface area contributed by atoms with Gasteiger partial charge >= 0.3 is 0 Å². The minimum Gasteiger partial charge on any atom is -0.389 e. The lowest BCUT2D eigenvalue weighted by atomic mass is 10.0. The molecule has 1 fully saturated rings. The molecule has 18 heavy (non-hydrogen) atoms. The fourth-order valence-corrected chi connectivity index (χ4v) is 1.83. The molecule has 1 aromatic carbocycles. The summed E-state index contributed by atoms with van der Waals surface area (Å²) in [6, 6.07) is 8.80. The van der Waals surface area contributed by atoms with Gasteiger partial charge in [-0.1, -0.05) is 24.3 Å². The fraction of sp³-hybridized carbons (Fsp3) is 0.462. The van der Waals surface area contributed by atoms with Crippen LogP contribution in [0.4, 0.5) is 0 Å². The zero-order valence-corrected chi connectivity index (χ0v) is 9.82. The van der Waals surface area contributed by atoms with Gasteiger partial charge in [0.15, 0.2) is 6.29 Å². The zero-order chi connectivity index (χ0) is 13.0. The monoisotopic (exact) mass is 249 g/mol. The van der Waals surface area contributed by atoms with Gasteiger partial charge in [0.1, 0.15) is 6.10 Å². The third-order valence-corrected chi connectivity index (χ3v) is 2.84. The molecule has 2 unspecified atom stereocenters. The molecular weight excluding hydrogens is 234 g/mol. The van der Waals surface area contributed by atoms with E-state index in [-0.39, 0.29) is 12.7 Å². The fourth-order valence-electron chi connectivity index (χ4n) is 1.83. The van der Waals surface area contributed by atoms with Gasteiger partial charge in [-0.05, 0) is 5.56 Å². The average molecular weight is 249 g/mol. The summed E-state index contributed by atoms with van der Waals surface area (Å²) in [4.78, 5) is 0. The maximum absolute atomic E-state index is 9.81. The van der Waals surface area contributed by atoms with Crippen molar-refractivity contribution in [2.45, 2.75) is 24.9 Å². The van der Waals surface area contributed by atoms with Crippen molar-refractivity contribution in [3.05, 3.63) is 35.4 Å². The van der Waals surface area contributed by atoms with Crippen molar-refractivity contribution in [2.75, 3.05) is 13.2 Å². The van der Waals surface area contributed by atoms with E-state index in [1.165, 1.54) is 0 Å². The smallest absolute Gasteiger partial charge is 0.184 e. The molecule has 0 aliphatic carbocycles. The van der Waals surface area contributed by atoms with Crippen molar-refractivity contribution >= 4 is 0 Å². The summed E-state index contributed by atoms with van der Waals surface area (Å²) in [5.74, 6) is 0. The first-order chi connectivity index (χ1) is 8.72. The molecule has 96 valence electrons. The zero-order valence-electron chi connectivity index (χ0n) is 9.82. The Hall–Kier alpha value is -1.45. The van der Waals surface area contributed by atoms with Gasteiger partial charge in [0.2, 0.25) is 0 Å². The molecule has 1 aliphatic rings. The second-order valence-corrected chi connectivity index (χ2v) is 4.11. The molecule has 0 spiro atoms. The van der Waals surface area contributed by atoms with Crippen molar-refractivity contribution in [1.82, 2.24) is 0 Å². The molecule has 2 N–H and O–H groups in total. The van der Waals surface area contributed by atoms with Crippen LogP contribution in [0.3, 0.4) is 0 Å². The van der Waals surface area contributed by atoms with E-state index in [0.29, 0.717) is 18.8 Å². The van der Waals surface area contributed by atoms with Gasteiger partial charge in [-0.2, -0.15) is 5.26 Å². The lowest BCUT2D eigenvalue weighted by Crippen LogP contribution is -2.17. The second-order valence-electron chi connectivity index (χ2n) is 4.11. The number of hydrogen-bond donors (Lipinski definition) is 2. The summed E-state index contributed by atoms with van der Waals surface area (Å²) in [5, 5.41) is 27.8. The normalized spacial score (nSPS) is 19.4. The molecule has 1 heterocycles. The van der Waals surface area contributed by atoms with Crippen LogP contribution in [-0.2, 0) is 9.47 Å². The lowest BCUT2D eigenvalue weighted by molar-refractivity contribution is -0.0441. The Morgan fingerprint density at radius 1 is 1.22 bits per heavy atom. The topological polar surface area (TPSA) is 82.7 Å². The Morgan fingerprint density at radius 2 is 1.83 bits per heavy atom. The summed E-state index contributed by atoms with van der Waals surface area (Å²) in [5.41, 5.74) is 1.44. The number of ether oxygens (including phenoxy) is 2. The molecule has 0 saturated carbocycles. The van der Waals surface area contributed by atoms with Crippen molar-refractivity contribution < 1.29 is 19.7 Å². The first-order valence-electron chi connectivity index (χ1n) is 5.78. The second kappa shape index (κ2) is 5.94. The van der Waals surface area contributed by atoms with E-state index in [1.807, 2.05) is 6.07 Å². The molecule has 1 aromatic rings. The largest absolute Gasteiger partial charge is 0.389 e. The van der Waals surface area contributed by atoms with E-state index in [4.69, 9.17) is 14.7 Å². The van der Waals surface area contributed by atoms with Gasteiger partial charge in [0.05, 0.1) is 31.8 Å². The van der Waals surface area contributed by atoms with E-state index in [2.05, 4.69) is 0 Å². The van der Waals surface area contributed by atoms with Crippen molar-refractivity contribution in [3.63, 3.8) is 0 Å². The highest BCUT2D eigenvalue weighted by Crippen LogP contribution is 2.25. The first-order valence-corrected chi connectivity index (χ1v) is 5.78. The molecule has 2 rings (SSSR count). The van der Waals surface area contributed by atoms with Gasteiger partial charge in [0, 0.05) is 5.56 Å². The number of nitrogens with zero attached hydrogens (tertiary/aromatic N) is 1. The van der Waals surface area contributed by atoms with Crippen LogP contribution >= 0.6 is 0 Å². The Balaban J connectivity index is 2.05. The van der Waals surface area contributed by atoms with Crippen molar-refractivity contribution in [1.29, 1.82) is 5.26 Å². The number of rotatable bonds is 4. The van der Waals surface area contributed by atoms with Crippen LogP contribution < -0.4 is 0 Å². The standard InChI is InChI=1S/C13H15NO4/c14-6-5-11(15)12(16)9-1-3-10(4-2-9)13-17-7-8-18-13/h1-4,11-13,15-16H,5,7-8H2. The van der Waals surface area contributed by atoms with Gasteiger partial charge in [-0.25, -0.2) is 0 Å². The van der Waals surface area contributed by atoms with Crippen molar-refractivity contribution in [2.24, 2.45) is 0 Å². The molecule has 0 amide bonds. The maximum atomic E-state index is 9.81. The Bertz CT molecular complexity index is 420. The van der Waals surface area contributed by atoms with Crippen molar-refractivity contribution in [3.8, 4) is 6.07 Å². The van der Waals surface area contributed by atoms with E-state index in [1.54, 1.807) is 24.3 Å². The number of aliphatic hydroxyl groups excluding tert-OH is 2. The van der Waals surface area contributed by atoms with Crippen LogP contribution in [0.1, 0.15) is 29.9 Å². The summed E-state index contributed by atoms with van der Waals surface area (Å²) in [7, 11) is 0. The first kappa shape index (κ1) is 13.0. The van der Waals surface area contributed by atoms with Crippen LogP contribution in [0, 0.1) is 11.3 Å². The molecular formula is C13H15NO4. The number of benzene rings is 1. The molecule has 5 heteroatoms. The van der Waals surface area contributed by atoms with Crippen LogP contribution in [0.15, 0.2) is 24.3 Å².